The van der Waals surface area contributed by atoms with E-state index in [1.807, 2.05) is 24.4 Å². The van der Waals surface area contributed by atoms with Crippen LogP contribution in [0.2, 0.25) is 0 Å². The maximum absolute atomic E-state index is 14.6. The monoisotopic (exact) mass is 570 g/mol. The number of nitrogens with one attached hydrogen (secondary N) is 4. The molecule has 0 aliphatic rings. The molecule has 0 radical (unpaired) electrons. The Morgan fingerprint density at radius 1 is 0.927 bits per heavy atom. The molecule has 0 bridgehead atoms. The number of benzene rings is 2. The van der Waals surface area contributed by atoms with Crippen LogP contribution in [0.15, 0.2) is 67.3 Å². The second-order valence-electron chi connectivity index (χ2n) is 10.2. The fourth-order valence-corrected chi connectivity index (χ4v) is 5.19. The van der Waals surface area contributed by atoms with Gasteiger partial charge in [-0.15, -0.1) is 0 Å². The molecule has 4 heterocycles. The van der Waals surface area contributed by atoms with Gasteiger partial charge in [-0.1, -0.05) is 6.07 Å². The van der Waals surface area contributed by atoms with Crippen LogP contribution in [0.3, 0.4) is 0 Å². The number of hydrogen-bond acceptors (Lipinski definition) is 7. The molecule has 0 saturated heterocycles. The molecule has 0 aliphatic heterocycles. The van der Waals surface area contributed by atoms with Crippen LogP contribution in [-0.2, 0) is 16.6 Å². The lowest BCUT2D eigenvalue weighted by Gasteiger charge is -2.11. The summed E-state index contributed by atoms with van der Waals surface area (Å²) in [5.74, 6) is 0.0370. The zero-order valence-electron chi connectivity index (χ0n) is 22.5. The van der Waals surface area contributed by atoms with Crippen LogP contribution in [-0.4, -0.2) is 50.8 Å². The molecule has 2 aromatic carbocycles. The van der Waals surface area contributed by atoms with Crippen molar-refractivity contribution in [1.82, 2.24) is 34.9 Å². The van der Waals surface area contributed by atoms with E-state index in [1.54, 1.807) is 24.7 Å². The zero-order chi connectivity index (χ0) is 28.7. The highest BCUT2D eigenvalue weighted by Gasteiger charge is 2.17. The number of sulfonamides is 1. The number of hydrogen-bond donors (Lipinski definition) is 4. The number of fused-ring (bicyclic) bond motifs is 2. The van der Waals surface area contributed by atoms with Crippen LogP contribution in [0.1, 0.15) is 19.4 Å². The van der Waals surface area contributed by atoms with Crippen molar-refractivity contribution in [3.8, 4) is 33.8 Å². The molecule has 4 aromatic heterocycles. The summed E-state index contributed by atoms with van der Waals surface area (Å²) >= 11 is 0. The van der Waals surface area contributed by atoms with E-state index in [0.717, 1.165) is 34.0 Å². The standard InChI is InChI=1S/C29H27FN8O2S/c1-16(2)34-22-9-20(12-31-13-22)18-4-5-25-23(10-18)28(38-37-25)29-35-26-15-32-14-24(27(26)36-29)19-6-17(7-21(30)8-19)11-33-41(3,39)40/h4-10,12-16,33-34H,11H2,1-3H3,(H,35,36)(H,37,38). The Labute approximate surface area is 235 Å². The Bertz CT molecular complexity index is 2020. The summed E-state index contributed by atoms with van der Waals surface area (Å²) in [7, 11) is -3.43. The maximum Gasteiger partial charge on any atom is 0.209 e. The maximum atomic E-state index is 14.6. The van der Waals surface area contributed by atoms with Gasteiger partial charge in [0.15, 0.2) is 5.82 Å². The molecule has 0 atom stereocenters. The summed E-state index contributed by atoms with van der Waals surface area (Å²) < 4.78 is 40.0. The average molecular weight is 571 g/mol. The van der Waals surface area contributed by atoms with E-state index in [9.17, 15) is 12.8 Å². The average Bonchev–Trinajstić information content (AvgIpc) is 3.54. The summed E-state index contributed by atoms with van der Waals surface area (Å²) in [5.41, 5.74) is 7.22. The molecule has 0 spiro atoms. The topological polar surface area (TPSA) is 141 Å². The van der Waals surface area contributed by atoms with E-state index in [2.05, 4.69) is 55.1 Å². The van der Waals surface area contributed by atoms with Gasteiger partial charge in [-0.3, -0.25) is 15.1 Å². The molecular formula is C29H27FN8O2S. The first-order chi connectivity index (χ1) is 19.6. The first-order valence-electron chi connectivity index (χ1n) is 12.9. The minimum Gasteiger partial charge on any atom is -0.382 e. The normalized spacial score (nSPS) is 12.0. The van der Waals surface area contributed by atoms with Gasteiger partial charge in [0.05, 0.1) is 34.7 Å². The fourth-order valence-electron chi connectivity index (χ4n) is 4.76. The van der Waals surface area contributed by atoms with Crippen molar-refractivity contribution in [3.63, 3.8) is 0 Å². The van der Waals surface area contributed by atoms with E-state index in [1.165, 1.54) is 12.1 Å². The number of imidazole rings is 1. The largest absolute Gasteiger partial charge is 0.382 e. The summed E-state index contributed by atoms with van der Waals surface area (Å²) in [5, 5.41) is 11.9. The third kappa shape index (κ3) is 5.65. The predicted molar refractivity (Wildman–Crippen MR) is 158 cm³/mol. The van der Waals surface area contributed by atoms with Crippen molar-refractivity contribution in [1.29, 1.82) is 0 Å². The number of H-pyrrole nitrogens is 2. The Morgan fingerprint density at radius 2 is 1.76 bits per heavy atom. The highest BCUT2D eigenvalue weighted by Crippen LogP contribution is 2.33. The van der Waals surface area contributed by atoms with Crippen molar-refractivity contribution in [2.75, 3.05) is 11.6 Å². The third-order valence-corrected chi connectivity index (χ3v) is 7.18. The highest BCUT2D eigenvalue weighted by molar-refractivity contribution is 7.88. The van der Waals surface area contributed by atoms with Crippen LogP contribution in [0.25, 0.3) is 55.7 Å². The van der Waals surface area contributed by atoms with Crippen LogP contribution in [0, 0.1) is 5.82 Å². The summed E-state index contributed by atoms with van der Waals surface area (Å²) in [6.07, 6.45) is 7.95. The van der Waals surface area contributed by atoms with Gasteiger partial charge in [0.2, 0.25) is 10.0 Å². The molecule has 41 heavy (non-hydrogen) atoms. The van der Waals surface area contributed by atoms with Crippen molar-refractivity contribution >= 4 is 37.6 Å². The first kappa shape index (κ1) is 26.5. The lowest BCUT2D eigenvalue weighted by Crippen LogP contribution is -2.21. The number of aromatic nitrogens is 6. The lowest BCUT2D eigenvalue weighted by molar-refractivity contribution is 0.586. The molecule has 0 saturated carbocycles. The van der Waals surface area contributed by atoms with Gasteiger partial charge in [0.25, 0.3) is 0 Å². The molecule has 208 valence electrons. The minimum atomic E-state index is -3.43. The van der Waals surface area contributed by atoms with Crippen molar-refractivity contribution < 1.29 is 12.8 Å². The van der Waals surface area contributed by atoms with E-state index in [0.29, 0.717) is 39.2 Å². The Kier molecular flexibility index (Phi) is 6.72. The third-order valence-electron chi connectivity index (χ3n) is 6.52. The zero-order valence-corrected chi connectivity index (χ0v) is 23.3. The van der Waals surface area contributed by atoms with Gasteiger partial charge in [-0.2, -0.15) is 5.10 Å². The number of pyridine rings is 2. The van der Waals surface area contributed by atoms with Gasteiger partial charge in [-0.05, 0) is 66.9 Å². The van der Waals surface area contributed by atoms with Gasteiger partial charge in [0.1, 0.15) is 11.5 Å². The van der Waals surface area contributed by atoms with E-state index < -0.39 is 15.8 Å². The highest BCUT2D eigenvalue weighted by atomic mass is 32.2. The Morgan fingerprint density at radius 3 is 2.56 bits per heavy atom. The molecule has 10 nitrogen and oxygen atoms in total. The van der Waals surface area contributed by atoms with Crippen LogP contribution in [0.5, 0.6) is 0 Å². The molecule has 0 amide bonds. The number of halogens is 1. The van der Waals surface area contributed by atoms with Crippen molar-refractivity contribution in [2.45, 2.75) is 26.4 Å². The molecule has 12 heteroatoms. The molecule has 6 aromatic rings. The van der Waals surface area contributed by atoms with Crippen LogP contribution < -0.4 is 10.0 Å². The van der Waals surface area contributed by atoms with Gasteiger partial charge >= 0.3 is 0 Å². The first-order valence-corrected chi connectivity index (χ1v) is 14.8. The Balaban J connectivity index is 1.40. The van der Waals surface area contributed by atoms with E-state index in [4.69, 9.17) is 4.98 Å². The lowest BCUT2D eigenvalue weighted by atomic mass is 10.0. The van der Waals surface area contributed by atoms with Gasteiger partial charge in [0, 0.05) is 47.7 Å². The number of anilines is 1. The number of aromatic amines is 2. The smallest absolute Gasteiger partial charge is 0.209 e. The number of nitrogens with zero attached hydrogens (tertiary/aromatic N) is 4. The van der Waals surface area contributed by atoms with Crippen molar-refractivity contribution in [2.24, 2.45) is 0 Å². The molecular weight excluding hydrogens is 543 g/mol. The molecule has 0 fully saturated rings. The SMILES string of the molecule is CC(C)Nc1cncc(-c2ccc3[nH]nc(-c4nc5c(-c6cc(F)cc(CNS(C)(=O)=O)c6)cncc5[nH]4)c3c2)c1. The van der Waals surface area contributed by atoms with Crippen molar-refractivity contribution in [3.05, 3.63) is 78.6 Å². The van der Waals surface area contributed by atoms with Crippen LogP contribution >= 0.6 is 0 Å². The number of rotatable bonds is 8. The molecule has 4 N–H and O–H groups in total. The summed E-state index contributed by atoms with van der Waals surface area (Å²) in [6, 6.07) is 12.8. The molecule has 0 unspecified atom stereocenters. The quantitative estimate of drug-likeness (QED) is 0.196. The molecule has 0 aliphatic carbocycles. The van der Waals surface area contributed by atoms with Gasteiger partial charge < -0.3 is 10.3 Å². The van der Waals surface area contributed by atoms with Crippen LogP contribution in [0.4, 0.5) is 10.1 Å². The predicted octanol–water partition coefficient (Wildman–Crippen LogP) is 5.24. The second-order valence-corrected chi connectivity index (χ2v) is 12.0. The fraction of sp³-hybridized carbons (Fsp3) is 0.172. The summed E-state index contributed by atoms with van der Waals surface area (Å²) in [6.45, 7) is 4.12. The van der Waals surface area contributed by atoms with E-state index >= 15 is 0 Å². The minimum absolute atomic E-state index is 0.0354. The Hall–Kier alpha value is -4.68. The molecule has 6 rings (SSSR count). The van der Waals surface area contributed by atoms with Gasteiger partial charge in [-0.25, -0.2) is 22.5 Å². The second kappa shape index (κ2) is 10.4. The van der Waals surface area contributed by atoms with E-state index in [-0.39, 0.29) is 12.6 Å². The summed E-state index contributed by atoms with van der Waals surface area (Å²) in [4.78, 5) is 16.9.